The number of para-hydroxylation sites is 3. The Hall–Kier alpha value is -3.87. The quantitative estimate of drug-likeness (QED) is 0.387. The van der Waals surface area contributed by atoms with Crippen LogP contribution in [0.15, 0.2) is 76.4 Å². The molecule has 2 heterocycles. The van der Waals surface area contributed by atoms with Gasteiger partial charge in [-0.25, -0.2) is 0 Å². The Kier molecular flexibility index (Phi) is 4.62. The van der Waals surface area contributed by atoms with Crippen LogP contribution in [-0.4, -0.2) is 10.7 Å². The van der Waals surface area contributed by atoms with Gasteiger partial charge in [0.15, 0.2) is 5.78 Å². The van der Waals surface area contributed by atoms with E-state index in [2.05, 4.69) is 24.5 Å². The van der Waals surface area contributed by atoms with E-state index < -0.39 is 11.0 Å². The molecule has 3 aromatic rings. The van der Waals surface area contributed by atoms with Crippen molar-refractivity contribution in [3.63, 3.8) is 0 Å². The second kappa shape index (κ2) is 7.37. The fourth-order valence-electron chi connectivity index (χ4n) is 4.60. The summed E-state index contributed by atoms with van der Waals surface area (Å²) in [5.74, 6) is 1.00. The molecule has 1 aliphatic heterocycles. The Morgan fingerprint density at radius 2 is 1.72 bits per heavy atom. The number of nitrogens with one attached hydrogen (secondary N) is 2. The minimum absolute atomic E-state index is 0.0235. The van der Waals surface area contributed by atoms with E-state index in [9.17, 15) is 14.9 Å². The predicted molar refractivity (Wildman–Crippen MR) is 122 cm³/mol. The van der Waals surface area contributed by atoms with Crippen LogP contribution in [-0.2, 0) is 4.79 Å². The van der Waals surface area contributed by atoms with E-state index in [0.29, 0.717) is 29.1 Å². The molecule has 7 heteroatoms. The minimum atomic E-state index is -0.499. The molecule has 0 unspecified atom stereocenters. The van der Waals surface area contributed by atoms with Gasteiger partial charge in [-0.3, -0.25) is 14.9 Å². The highest BCUT2D eigenvalue weighted by Crippen LogP contribution is 2.46. The van der Waals surface area contributed by atoms with Gasteiger partial charge in [0.2, 0.25) is 0 Å². The SMILES string of the molecule is CC1(C)CC(=O)C2=C(C1)Nc1ccccc1N[C@@H]2c1ccc(-c2ccccc2[N+](=O)[O-])o1. The van der Waals surface area contributed by atoms with Crippen molar-refractivity contribution < 1.29 is 14.1 Å². The highest BCUT2D eigenvalue weighted by Gasteiger charge is 2.39. The topological polar surface area (TPSA) is 97.4 Å². The average Bonchev–Trinajstić information content (AvgIpc) is 3.16. The maximum Gasteiger partial charge on any atom is 0.280 e. The summed E-state index contributed by atoms with van der Waals surface area (Å²) in [6.45, 7) is 4.18. The number of rotatable bonds is 3. The number of allylic oxidation sites excluding steroid dienone is 1. The van der Waals surface area contributed by atoms with Gasteiger partial charge in [0.1, 0.15) is 17.6 Å². The lowest BCUT2D eigenvalue weighted by molar-refractivity contribution is -0.384. The molecular formula is C25H23N3O4. The van der Waals surface area contributed by atoms with Gasteiger partial charge in [-0.05, 0) is 42.2 Å². The van der Waals surface area contributed by atoms with Crippen molar-refractivity contribution in [2.75, 3.05) is 10.6 Å². The Morgan fingerprint density at radius 1 is 1.00 bits per heavy atom. The maximum absolute atomic E-state index is 13.3. The van der Waals surface area contributed by atoms with Crippen LogP contribution >= 0.6 is 0 Å². The first kappa shape index (κ1) is 20.1. The third-order valence-electron chi connectivity index (χ3n) is 6.00. The number of anilines is 2. The van der Waals surface area contributed by atoms with E-state index in [4.69, 9.17) is 4.42 Å². The van der Waals surface area contributed by atoms with E-state index >= 15 is 0 Å². The van der Waals surface area contributed by atoms with Gasteiger partial charge in [0.05, 0.1) is 21.9 Å². The molecule has 162 valence electrons. The van der Waals surface area contributed by atoms with Crippen LogP contribution in [0, 0.1) is 15.5 Å². The molecule has 0 saturated carbocycles. The number of benzene rings is 2. The molecule has 1 atom stereocenters. The average molecular weight is 429 g/mol. The van der Waals surface area contributed by atoms with Crippen LogP contribution < -0.4 is 10.6 Å². The normalized spacial score (nSPS) is 19.3. The number of hydrogen-bond acceptors (Lipinski definition) is 6. The number of Topliss-reactive ketones (excluding diaryl/α,β-unsaturated/α-hetero) is 1. The zero-order valence-corrected chi connectivity index (χ0v) is 17.8. The van der Waals surface area contributed by atoms with Crippen molar-refractivity contribution >= 4 is 22.8 Å². The molecule has 2 N–H and O–H groups in total. The van der Waals surface area contributed by atoms with Crippen molar-refractivity contribution in [3.05, 3.63) is 87.8 Å². The predicted octanol–water partition coefficient (Wildman–Crippen LogP) is 6.08. The number of nitro groups is 1. The number of carbonyl (C=O) groups excluding carboxylic acids is 1. The number of ketones is 1. The summed E-state index contributed by atoms with van der Waals surface area (Å²) < 4.78 is 6.14. The molecule has 0 fully saturated rings. The fourth-order valence-corrected chi connectivity index (χ4v) is 4.60. The summed E-state index contributed by atoms with van der Waals surface area (Å²) in [5, 5.41) is 18.4. The van der Waals surface area contributed by atoms with E-state index in [1.807, 2.05) is 24.3 Å². The largest absolute Gasteiger partial charge is 0.458 e. The summed E-state index contributed by atoms with van der Waals surface area (Å²) >= 11 is 0. The third kappa shape index (κ3) is 3.45. The summed E-state index contributed by atoms with van der Waals surface area (Å²) in [6.07, 6.45) is 1.18. The van der Waals surface area contributed by atoms with Crippen molar-refractivity contribution in [2.45, 2.75) is 32.7 Å². The molecule has 7 nitrogen and oxygen atoms in total. The Labute approximate surface area is 185 Å². The monoisotopic (exact) mass is 429 g/mol. The molecule has 1 aliphatic carbocycles. The first-order chi connectivity index (χ1) is 15.3. The van der Waals surface area contributed by atoms with E-state index in [-0.39, 0.29) is 16.9 Å². The molecule has 0 bridgehead atoms. The molecule has 1 aromatic heterocycles. The lowest BCUT2D eigenvalue weighted by Crippen LogP contribution is -2.31. The molecule has 0 radical (unpaired) electrons. The van der Waals surface area contributed by atoms with Gasteiger partial charge in [0, 0.05) is 23.8 Å². The van der Waals surface area contributed by atoms with Gasteiger partial charge in [-0.15, -0.1) is 0 Å². The summed E-state index contributed by atoms with van der Waals surface area (Å²) in [5.41, 5.74) is 3.54. The number of nitro benzene ring substituents is 1. The lowest BCUT2D eigenvalue weighted by Gasteiger charge is -2.33. The van der Waals surface area contributed by atoms with Crippen LogP contribution in [0.25, 0.3) is 11.3 Å². The van der Waals surface area contributed by atoms with Crippen LogP contribution in [0.1, 0.15) is 38.5 Å². The van der Waals surface area contributed by atoms with Gasteiger partial charge < -0.3 is 15.1 Å². The number of carbonyl (C=O) groups is 1. The maximum atomic E-state index is 13.3. The number of nitrogens with zero attached hydrogens (tertiary/aromatic N) is 1. The zero-order chi connectivity index (χ0) is 22.5. The number of fused-ring (bicyclic) bond motifs is 1. The van der Waals surface area contributed by atoms with E-state index in [1.54, 1.807) is 30.3 Å². The Morgan fingerprint density at radius 3 is 2.50 bits per heavy atom. The first-order valence-corrected chi connectivity index (χ1v) is 10.5. The van der Waals surface area contributed by atoms with Crippen LogP contribution in [0.5, 0.6) is 0 Å². The minimum Gasteiger partial charge on any atom is -0.458 e. The highest BCUT2D eigenvalue weighted by atomic mass is 16.6. The summed E-state index contributed by atoms with van der Waals surface area (Å²) in [6, 6.07) is 17.3. The van der Waals surface area contributed by atoms with Crippen molar-refractivity contribution in [1.29, 1.82) is 0 Å². The van der Waals surface area contributed by atoms with E-state index in [0.717, 1.165) is 23.5 Å². The van der Waals surface area contributed by atoms with Gasteiger partial charge >= 0.3 is 0 Å². The van der Waals surface area contributed by atoms with Gasteiger partial charge in [-0.1, -0.05) is 38.1 Å². The molecule has 2 aliphatic rings. The van der Waals surface area contributed by atoms with Gasteiger partial charge in [0.25, 0.3) is 5.69 Å². The van der Waals surface area contributed by atoms with Crippen LogP contribution in [0.2, 0.25) is 0 Å². The smallest absolute Gasteiger partial charge is 0.280 e. The second-order valence-electron chi connectivity index (χ2n) is 9.06. The Balaban J connectivity index is 1.62. The standard InChI is InChI=1S/C25H23N3O4/c1-25(2)13-18-23(20(29)14-25)24(27-17-9-5-4-8-16(17)26-18)22-12-11-21(32-22)15-7-3-6-10-19(15)28(30)31/h3-12,24,26-27H,13-14H2,1-2H3/t24-/m1/s1. The third-order valence-corrected chi connectivity index (χ3v) is 6.00. The molecule has 0 saturated heterocycles. The van der Waals surface area contributed by atoms with Crippen molar-refractivity contribution in [1.82, 2.24) is 0 Å². The molecular weight excluding hydrogens is 406 g/mol. The highest BCUT2D eigenvalue weighted by molar-refractivity contribution is 6.01. The molecule has 32 heavy (non-hydrogen) atoms. The Bertz CT molecular complexity index is 1270. The zero-order valence-electron chi connectivity index (χ0n) is 17.8. The fraction of sp³-hybridized carbons (Fsp3) is 0.240. The second-order valence-corrected chi connectivity index (χ2v) is 9.06. The van der Waals surface area contributed by atoms with Crippen molar-refractivity contribution in [3.8, 4) is 11.3 Å². The molecule has 0 spiro atoms. The summed E-state index contributed by atoms with van der Waals surface area (Å²) in [4.78, 5) is 24.3. The first-order valence-electron chi connectivity index (χ1n) is 10.5. The lowest BCUT2D eigenvalue weighted by atomic mass is 9.74. The molecule has 2 aromatic carbocycles. The van der Waals surface area contributed by atoms with Crippen molar-refractivity contribution in [2.24, 2.45) is 5.41 Å². The summed E-state index contributed by atoms with van der Waals surface area (Å²) in [7, 11) is 0. The van der Waals surface area contributed by atoms with Gasteiger partial charge in [-0.2, -0.15) is 0 Å². The van der Waals surface area contributed by atoms with Crippen LogP contribution in [0.4, 0.5) is 17.1 Å². The van der Waals surface area contributed by atoms with Crippen LogP contribution in [0.3, 0.4) is 0 Å². The molecule has 0 amide bonds. The number of hydrogen-bond donors (Lipinski definition) is 2. The molecule has 5 rings (SSSR count). The van der Waals surface area contributed by atoms with E-state index in [1.165, 1.54) is 6.07 Å². The number of furan rings is 1.